The molecular formula is C24H34N4O3S. The van der Waals surface area contributed by atoms with E-state index < -0.39 is 10.0 Å². The van der Waals surface area contributed by atoms with Gasteiger partial charge in [0.25, 0.3) is 10.0 Å². The molecule has 0 spiro atoms. The first kappa shape index (κ1) is 23.0. The zero-order valence-electron chi connectivity index (χ0n) is 19.4. The molecule has 8 heteroatoms. The predicted molar refractivity (Wildman–Crippen MR) is 128 cm³/mol. The summed E-state index contributed by atoms with van der Waals surface area (Å²) in [7, 11) is -3.72. The van der Waals surface area contributed by atoms with Crippen LogP contribution in [0.3, 0.4) is 0 Å². The monoisotopic (exact) mass is 458 g/mol. The molecule has 0 atom stereocenters. The van der Waals surface area contributed by atoms with E-state index >= 15 is 0 Å². The maximum Gasteiger partial charge on any atom is 0.285 e. The smallest absolute Gasteiger partial charge is 0.285 e. The van der Waals surface area contributed by atoms with E-state index in [-0.39, 0.29) is 11.8 Å². The van der Waals surface area contributed by atoms with Crippen LogP contribution in [0.5, 0.6) is 0 Å². The van der Waals surface area contributed by atoms with Crippen LogP contribution in [0.15, 0.2) is 34.2 Å². The molecule has 32 heavy (non-hydrogen) atoms. The molecular weight excluding hydrogens is 424 g/mol. The van der Waals surface area contributed by atoms with Crippen molar-refractivity contribution in [3.05, 3.63) is 41.0 Å². The van der Waals surface area contributed by atoms with Crippen LogP contribution >= 0.6 is 0 Å². The summed E-state index contributed by atoms with van der Waals surface area (Å²) in [4.78, 5) is 19.8. The fourth-order valence-corrected chi connectivity index (χ4v) is 6.47. The van der Waals surface area contributed by atoms with Gasteiger partial charge in [0, 0.05) is 50.8 Å². The summed E-state index contributed by atoms with van der Waals surface area (Å²) in [5, 5.41) is 0. The SMILES string of the molecule is CCC1=C(c2ccc(C)cc2)S(=O)(=O)N=C1N1CCC(C(=O)N2CCN(CC)CC2)CC1. The zero-order valence-corrected chi connectivity index (χ0v) is 20.2. The second kappa shape index (κ2) is 9.35. The summed E-state index contributed by atoms with van der Waals surface area (Å²) in [5.41, 5.74) is 2.57. The third kappa shape index (κ3) is 4.48. The lowest BCUT2D eigenvalue weighted by Crippen LogP contribution is -2.51. The third-order valence-corrected chi connectivity index (χ3v) is 8.36. The first-order valence-electron chi connectivity index (χ1n) is 11.8. The molecule has 0 N–H and O–H groups in total. The first-order chi connectivity index (χ1) is 15.3. The van der Waals surface area contributed by atoms with E-state index in [1.165, 1.54) is 0 Å². The Kier molecular flexibility index (Phi) is 6.72. The summed E-state index contributed by atoms with van der Waals surface area (Å²) in [5.74, 6) is 0.849. The van der Waals surface area contributed by atoms with Crippen molar-refractivity contribution in [2.45, 2.75) is 40.0 Å². The highest BCUT2D eigenvalue weighted by Crippen LogP contribution is 2.36. The minimum Gasteiger partial charge on any atom is -0.356 e. The van der Waals surface area contributed by atoms with Crippen LogP contribution < -0.4 is 0 Å². The number of rotatable bonds is 4. The largest absolute Gasteiger partial charge is 0.356 e. The Labute approximate surface area is 191 Å². The lowest BCUT2D eigenvalue weighted by molar-refractivity contribution is -0.138. The van der Waals surface area contributed by atoms with E-state index in [1.807, 2.05) is 43.0 Å². The van der Waals surface area contributed by atoms with Crippen molar-refractivity contribution in [2.24, 2.45) is 10.3 Å². The number of likely N-dealkylation sites (tertiary alicyclic amines) is 1. The maximum atomic E-state index is 13.0. The zero-order chi connectivity index (χ0) is 22.9. The number of hydrogen-bond donors (Lipinski definition) is 0. The van der Waals surface area contributed by atoms with Crippen LogP contribution in [-0.4, -0.2) is 80.7 Å². The van der Waals surface area contributed by atoms with Crippen molar-refractivity contribution in [2.75, 3.05) is 45.8 Å². The Bertz CT molecular complexity index is 1010. The van der Waals surface area contributed by atoms with Gasteiger partial charge in [0.05, 0.1) is 0 Å². The van der Waals surface area contributed by atoms with Crippen molar-refractivity contribution in [1.82, 2.24) is 14.7 Å². The maximum absolute atomic E-state index is 13.0. The Morgan fingerprint density at radius 3 is 2.19 bits per heavy atom. The molecule has 3 aliphatic heterocycles. The number of aryl methyl sites for hydroxylation is 1. The Morgan fingerprint density at radius 1 is 1.00 bits per heavy atom. The molecule has 1 aromatic rings. The van der Waals surface area contributed by atoms with Gasteiger partial charge in [-0.15, -0.1) is 4.40 Å². The molecule has 3 heterocycles. The summed E-state index contributed by atoms with van der Waals surface area (Å²) < 4.78 is 30.1. The molecule has 2 fully saturated rings. The topological polar surface area (TPSA) is 73.3 Å². The van der Waals surface area contributed by atoms with E-state index in [0.717, 1.165) is 56.7 Å². The van der Waals surface area contributed by atoms with Gasteiger partial charge in [-0.2, -0.15) is 8.42 Å². The van der Waals surface area contributed by atoms with E-state index in [0.29, 0.717) is 35.8 Å². The highest BCUT2D eigenvalue weighted by atomic mass is 32.2. The Hall–Kier alpha value is -2.19. The highest BCUT2D eigenvalue weighted by molar-refractivity contribution is 8.00. The van der Waals surface area contributed by atoms with Crippen LogP contribution in [0.1, 0.15) is 44.2 Å². The fourth-order valence-electron chi connectivity index (χ4n) is 4.95. The number of amidine groups is 1. The molecule has 0 radical (unpaired) electrons. The third-order valence-electron chi connectivity index (χ3n) is 6.95. The van der Waals surface area contributed by atoms with E-state index in [1.54, 1.807) is 0 Å². The molecule has 3 aliphatic rings. The van der Waals surface area contributed by atoms with Gasteiger partial charge in [-0.3, -0.25) is 4.79 Å². The van der Waals surface area contributed by atoms with Gasteiger partial charge in [-0.25, -0.2) is 0 Å². The van der Waals surface area contributed by atoms with Crippen molar-refractivity contribution in [1.29, 1.82) is 0 Å². The van der Waals surface area contributed by atoms with Crippen LogP contribution in [0.25, 0.3) is 4.91 Å². The number of sulfonamides is 1. The minimum atomic E-state index is -3.72. The van der Waals surface area contributed by atoms with E-state index in [4.69, 9.17) is 0 Å². The van der Waals surface area contributed by atoms with Crippen molar-refractivity contribution >= 4 is 26.7 Å². The molecule has 0 aliphatic carbocycles. The first-order valence-corrected chi connectivity index (χ1v) is 13.2. The molecule has 0 aromatic heterocycles. The van der Waals surface area contributed by atoms with Crippen LogP contribution in [0.4, 0.5) is 0 Å². The minimum absolute atomic E-state index is 0.0173. The van der Waals surface area contributed by atoms with Gasteiger partial charge < -0.3 is 14.7 Å². The number of nitrogens with zero attached hydrogens (tertiary/aromatic N) is 4. The van der Waals surface area contributed by atoms with Crippen LogP contribution in [0, 0.1) is 12.8 Å². The molecule has 0 bridgehead atoms. The number of amides is 1. The molecule has 0 saturated carbocycles. The van der Waals surface area contributed by atoms with Gasteiger partial charge in [0.15, 0.2) is 0 Å². The molecule has 1 amide bonds. The molecule has 1 aromatic carbocycles. The number of carbonyl (C=O) groups is 1. The summed E-state index contributed by atoms with van der Waals surface area (Å²) in [6.45, 7) is 12.0. The summed E-state index contributed by atoms with van der Waals surface area (Å²) in [6.07, 6.45) is 2.08. The second-order valence-electron chi connectivity index (χ2n) is 8.94. The highest BCUT2D eigenvalue weighted by Gasteiger charge is 2.37. The van der Waals surface area contributed by atoms with Gasteiger partial charge >= 0.3 is 0 Å². The van der Waals surface area contributed by atoms with Gasteiger partial charge in [0.2, 0.25) is 5.91 Å². The lowest BCUT2D eigenvalue weighted by atomic mass is 9.94. The number of likely N-dealkylation sites (N-methyl/N-ethyl adjacent to an activating group) is 1. The lowest BCUT2D eigenvalue weighted by Gasteiger charge is -2.38. The summed E-state index contributed by atoms with van der Waals surface area (Å²) >= 11 is 0. The van der Waals surface area contributed by atoms with Gasteiger partial charge in [0.1, 0.15) is 10.7 Å². The molecule has 7 nitrogen and oxygen atoms in total. The second-order valence-corrected chi connectivity index (χ2v) is 10.5. The van der Waals surface area contributed by atoms with Gasteiger partial charge in [-0.05, 0) is 38.3 Å². The van der Waals surface area contributed by atoms with Crippen LogP contribution in [0.2, 0.25) is 0 Å². The van der Waals surface area contributed by atoms with Crippen LogP contribution in [-0.2, 0) is 14.8 Å². The molecule has 4 rings (SSSR count). The fraction of sp³-hybridized carbons (Fsp3) is 0.583. The van der Waals surface area contributed by atoms with Crippen molar-refractivity contribution in [3.8, 4) is 0 Å². The standard InChI is InChI=1S/C24H34N4O3S/c1-4-21-22(19-8-6-18(3)7-9-19)32(30,31)25-23(21)27-12-10-20(11-13-27)24(29)28-16-14-26(5-2)15-17-28/h6-9,20H,4-5,10-17H2,1-3H3. The summed E-state index contributed by atoms with van der Waals surface area (Å²) in [6, 6.07) is 7.58. The van der Waals surface area contributed by atoms with Crippen molar-refractivity contribution in [3.63, 3.8) is 0 Å². The van der Waals surface area contributed by atoms with Crippen molar-refractivity contribution < 1.29 is 13.2 Å². The number of carbonyl (C=O) groups excluding carboxylic acids is 1. The number of piperazine rings is 1. The molecule has 174 valence electrons. The average molecular weight is 459 g/mol. The normalized spacial score (nSPS) is 22.4. The molecule has 2 saturated heterocycles. The number of hydrogen-bond acceptors (Lipinski definition) is 5. The van der Waals surface area contributed by atoms with E-state index in [2.05, 4.69) is 21.1 Å². The Balaban J connectivity index is 1.46. The Morgan fingerprint density at radius 2 is 1.62 bits per heavy atom. The number of piperidine rings is 1. The molecule has 0 unspecified atom stereocenters. The van der Waals surface area contributed by atoms with Gasteiger partial charge in [-0.1, -0.05) is 43.7 Å². The van der Waals surface area contributed by atoms with E-state index in [9.17, 15) is 13.2 Å². The predicted octanol–water partition coefficient (Wildman–Crippen LogP) is 2.73. The average Bonchev–Trinajstić information content (AvgIpc) is 3.09. The quantitative estimate of drug-likeness (QED) is 0.694. The number of benzene rings is 1.